The zero-order valence-electron chi connectivity index (χ0n) is 22.9. The van der Waals surface area contributed by atoms with E-state index in [0.717, 1.165) is 9.75 Å². The second kappa shape index (κ2) is 10.3. The number of anilines is 1. The van der Waals surface area contributed by atoms with Crippen LogP contribution in [0.25, 0.3) is 0 Å². The molecule has 10 heteroatoms. The third-order valence-electron chi connectivity index (χ3n) is 8.06. The van der Waals surface area contributed by atoms with Crippen LogP contribution in [0.5, 0.6) is 11.5 Å². The van der Waals surface area contributed by atoms with Gasteiger partial charge in [0.15, 0.2) is 17.3 Å². The number of aliphatic carboxylic acids is 1. The lowest BCUT2D eigenvalue weighted by atomic mass is 9.76. The van der Waals surface area contributed by atoms with Gasteiger partial charge in [0.05, 0.1) is 12.0 Å². The SMILES string of the molecule is CC(=O)Nc1ccc(C2C(C(=O)c3cc(C)sc3C)C(c3ccc4c(c3)OCO4)N(C(=O)C3CC3)C2C(=O)O)cc1. The van der Waals surface area contributed by atoms with Gasteiger partial charge in [0.2, 0.25) is 18.6 Å². The highest BCUT2D eigenvalue weighted by atomic mass is 32.1. The summed E-state index contributed by atoms with van der Waals surface area (Å²) < 4.78 is 11.1. The summed E-state index contributed by atoms with van der Waals surface area (Å²) in [5.74, 6) is -2.82. The molecular weight excluding hydrogens is 544 g/mol. The molecule has 3 aromatic rings. The van der Waals surface area contributed by atoms with Crippen molar-refractivity contribution in [2.24, 2.45) is 11.8 Å². The molecule has 1 saturated heterocycles. The fourth-order valence-corrected chi connectivity index (χ4v) is 7.14. The highest BCUT2D eigenvalue weighted by molar-refractivity contribution is 7.12. The number of thiophene rings is 1. The van der Waals surface area contributed by atoms with Crippen LogP contribution in [0.4, 0.5) is 5.69 Å². The minimum atomic E-state index is -1.28. The lowest BCUT2D eigenvalue weighted by Crippen LogP contribution is -2.44. The van der Waals surface area contributed by atoms with Gasteiger partial charge >= 0.3 is 5.97 Å². The molecule has 212 valence electrons. The van der Waals surface area contributed by atoms with Crippen molar-refractivity contribution in [1.29, 1.82) is 0 Å². The van der Waals surface area contributed by atoms with E-state index >= 15 is 0 Å². The Hall–Kier alpha value is -4.18. The third-order valence-corrected chi connectivity index (χ3v) is 9.03. The molecule has 41 heavy (non-hydrogen) atoms. The van der Waals surface area contributed by atoms with E-state index in [1.807, 2.05) is 19.9 Å². The van der Waals surface area contributed by atoms with Crippen LogP contribution >= 0.6 is 11.3 Å². The van der Waals surface area contributed by atoms with Crippen molar-refractivity contribution in [3.8, 4) is 11.5 Å². The summed E-state index contributed by atoms with van der Waals surface area (Å²) in [4.78, 5) is 56.4. The fourth-order valence-electron chi connectivity index (χ4n) is 6.21. The third kappa shape index (κ3) is 4.86. The first-order chi connectivity index (χ1) is 19.6. The average Bonchev–Trinajstić information content (AvgIpc) is 3.42. The normalized spacial score (nSPS) is 23.0. The Morgan fingerprint density at radius 2 is 1.63 bits per heavy atom. The maximum atomic E-state index is 14.6. The number of hydrogen-bond acceptors (Lipinski definition) is 7. The van der Waals surface area contributed by atoms with Gasteiger partial charge in [-0.05, 0) is 68.1 Å². The number of nitrogens with zero attached hydrogens (tertiary/aromatic N) is 1. The first-order valence-electron chi connectivity index (χ1n) is 13.6. The number of likely N-dealkylation sites (tertiary alicyclic amines) is 1. The van der Waals surface area contributed by atoms with Crippen molar-refractivity contribution in [2.75, 3.05) is 12.1 Å². The van der Waals surface area contributed by atoms with E-state index in [-0.39, 0.29) is 30.3 Å². The Balaban J connectivity index is 1.55. The Kier molecular flexibility index (Phi) is 6.81. The van der Waals surface area contributed by atoms with Gasteiger partial charge in [0, 0.05) is 39.8 Å². The van der Waals surface area contributed by atoms with Crippen molar-refractivity contribution in [1.82, 2.24) is 4.90 Å². The van der Waals surface area contributed by atoms with Crippen molar-refractivity contribution >= 4 is 40.6 Å². The van der Waals surface area contributed by atoms with Crippen LogP contribution in [-0.4, -0.2) is 46.4 Å². The second-order valence-electron chi connectivity index (χ2n) is 10.9. The van der Waals surface area contributed by atoms with E-state index in [1.54, 1.807) is 42.5 Å². The minimum Gasteiger partial charge on any atom is -0.480 e. The van der Waals surface area contributed by atoms with Crippen LogP contribution in [0, 0.1) is 25.7 Å². The number of nitrogens with one attached hydrogen (secondary N) is 1. The van der Waals surface area contributed by atoms with Gasteiger partial charge in [-0.2, -0.15) is 0 Å². The zero-order chi connectivity index (χ0) is 29.0. The van der Waals surface area contributed by atoms with Crippen LogP contribution in [0.2, 0.25) is 0 Å². The number of aryl methyl sites for hydroxylation is 2. The largest absolute Gasteiger partial charge is 0.480 e. The molecule has 2 aromatic carbocycles. The zero-order valence-corrected chi connectivity index (χ0v) is 23.7. The molecule has 0 radical (unpaired) electrons. The summed E-state index contributed by atoms with van der Waals surface area (Å²) in [5.41, 5.74) is 2.31. The van der Waals surface area contributed by atoms with E-state index in [4.69, 9.17) is 9.47 Å². The summed E-state index contributed by atoms with van der Waals surface area (Å²) >= 11 is 1.51. The van der Waals surface area contributed by atoms with Crippen LogP contribution < -0.4 is 14.8 Å². The number of benzene rings is 2. The van der Waals surface area contributed by atoms with Crippen molar-refractivity contribution < 1.29 is 33.8 Å². The van der Waals surface area contributed by atoms with E-state index in [9.17, 15) is 24.3 Å². The van der Waals surface area contributed by atoms with Gasteiger partial charge < -0.3 is 24.8 Å². The molecule has 3 aliphatic rings. The Morgan fingerprint density at radius 3 is 2.24 bits per heavy atom. The molecule has 2 fully saturated rings. The summed E-state index contributed by atoms with van der Waals surface area (Å²) in [6.45, 7) is 5.28. The predicted molar refractivity (Wildman–Crippen MR) is 151 cm³/mol. The Morgan fingerprint density at radius 1 is 0.951 bits per heavy atom. The van der Waals surface area contributed by atoms with E-state index in [2.05, 4.69) is 5.32 Å². The molecule has 1 aromatic heterocycles. The average molecular weight is 575 g/mol. The smallest absolute Gasteiger partial charge is 0.327 e. The van der Waals surface area contributed by atoms with Crippen LogP contribution in [0.1, 0.15) is 63.0 Å². The highest BCUT2D eigenvalue weighted by Crippen LogP contribution is 2.54. The molecule has 4 unspecified atom stereocenters. The number of carbonyl (C=O) groups excluding carboxylic acids is 3. The second-order valence-corrected chi connectivity index (χ2v) is 12.4. The van der Waals surface area contributed by atoms with Crippen LogP contribution in [-0.2, 0) is 14.4 Å². The van der Waals surface area contributed by atoms with Gasteiger partial charge in [0.1, 0.15) is 6.04 Å². The molecule has 3 heterocycles. The summed E-state index contributed by atoms with van der Waals surface area (Å²) in [7, 11) is 0. The maximum absolute atomic E-state index is 14.6. The molecule has 9 nitrogen and oxygen atoms in total. The van der Waals surface area contributed by atoms with E-state index in [0.29, 0.717) is 46.7 Å². The van der Waals surface area contributed by atoms with Crippen LogP contribution in [0.15, 0.2) is 48.5 Å². The topological polar surface area (TPSA) is 122 Å². The van der Waals surface area contributed by atoms with Crippen molar-refractivity contribution in [2.45, 2.75) is 51.6 Å². The molecule has 2 amide bonds. The first kappa shape index (κ1) is 27.0. The number of carboxylic acids is 1. The number of ether oxygens (including phenoxy) is 2. The Bertz CT molecular complexity index is 1560. The number of fused-ring (bicyclic) bond motifs is 1. The van der Waals surface area contributed by atoms with Gasteiger partial charge in [0.25, 0.3) is 0 Å². The molecular formula is C31H30N2O7S. The molecule has 0 spiro atoms. The quantitative estimate of drug-likeness (QED) is 0.377. The van der Waals surface area contributed by atoms with Crippen molar-refractivity contribution in [3.63, 3.8) is 0 Å². The number of hydrogen-bond donors (Lipinski definition) is 2. The van der Waals surface area contributed by atoms with Crippen molar-refractivity contribution in [3.05, 3.63) is 75.0 Å². The van der Waals surface area contributed by atoms with E-state index in [1.165, 1.54) is 23.2 Å². The molecule has 4 atom stereocenters. The molecule has 1 aliphatic carbocycles. The first-order valence-corrected chi connectivity index (χ1v) is 14.4. The highest BCUT2D eigenvalue weighted by Gasteiger charge is 2.59. The number of Topliss-reactive ketones (excluding diaryl/α,β-unsaturated/α-hetero) is 1. The number of amides is 2. The molecule has 6 rings (SSSR count). The lowest BCUT2D eigenvalue weighted by molar-refractivity contribution is -0.150. The van der Waals surface area contributed by atoms with Crippen LogP contribution in [0.3, 0.4) is 0 Å². The fraction of sp³-hybridized carbons (Fsp3) is 0.355. The molecule has 2 aliphatic heterocycles. The van der Waals surface area contributed by atoms with Gasteiger partial charge in [-0.25, -0.2) is 4.79 Å². The maximum Gasteiger partial charge on any atom is 0.327 e. The van der Waals surface area contributed by atoms with E-state index < -0.39 is 29.9 Å². The Labute approximate surface area is 241 Å². The lowest BCUT2D eigenvalue weighted by Gasteiger charge is -2.30. The number of ketones is 1. The minimum absolute atomic E-state index is 0.0604. The molecule has 0 bridgehead atoms. The molecule has 2 N–H and O–H groups in total. The molecule has 1 saturated carbocycles. The summed E-state index contributed by atoms with van der Waals surface area (Å²) in [6, 6.07) is 11.9. The summed E-state index contributed by atoms with van der Waals surface area (Å²) in [5, 5.41) is 13.4. The number of rotatable bonds is 7. The van der Waals surface area contributed by atoms with Gasteiger partial charge in [-0.15, -0.1) is 11.3 Å². The summed E-state index contributed by atoms with van der Waals surface area (Å²) in [6.07, 6.45) is 1.38. The van der Waals surface area contributed by atoms with Gasteiger partial charge in [-0.1, -0.05) is 18.2 Å². The standard InChI is InChI=1S/C31H30N2O7S/c1-15-12-22(16(2)41-15)29(35)26-25(18-6-9-21(10-7-18)32-17(3)34)28(31(37)38)33(30(36)19-4-5-19)27(26)20-8-11-23-24(13-20)40-14-39-23/h6-13,19,25-28H,4-5,14H2,1-3H3,(H,32,34)(H,37,38). The monoisotopic (exact) mass is 574 g/mol. The number of carboxylic acid groups (broad SMARTS) is 1. The van der Waals surface area contributed by atoms with Gasteiger partial charge in [-0.3, -0.25) is 14.4 Å². The predicted octanol–water partition coefficient (Wildman–Crippen LogP) is 5.08. The number of carbonyl (C=O) groups is 4.